The molecule has 2 N–H and O–H groups in total. The third-order valence-electron chi connectivity index (χ3n) is 5.86. The first-order chi connectivity index (χ1) is 16.6. The molecule has 2 aromatic heterocycles. The van der Waals surface area contributed by atoms with Crippen molar-refractivity contribution in [2.75, 3.05) is 17.7 Å². The first-order valence-electron chi connectivity index (χ1n) is 11.2. The number of anilines is 1. The van der Waals surface area contributed by atoms with Gasteiger partial charge in [-0.05, 0) is 50.1 Å². The number of Topliss-reactive ketones (excluding diaryl/α,β-unsaturated/α-hetero) is 1. The molecule has 34 heavy (non-hydrogen) atoms. The first-order valence-corrected chi connectivity index (χ1v) is 12.2. The van der Waals surface area contributed by atoms with Crippen molar-refractivity contribution in [3.8, 4) is 11.4 Å². The Balaban J connectivity index is 1.34. The molecule has 1 fully saturated rings. The summed E-state index contributed by atoms with van der Waals surface area (Å²) in [7, 11) is 0. The number of nitrogens with zero attached hydrogens (tertiary/aromatic N) is 3. The van der Waals surface area contributed by atoms with Crippen molar-refractivity contribution in [3.05, 3.63) is 60.3 Å². The molecular weight excluding hydrogens is 450 g/mol. The number of rotatable bonds is 8. The highest BCUT2D eigenvalue weighted by molar-refractivity contribution is 7.99. The topological polar surface area (TPSA) is 102 Å². The van der Waals surface area contributed by atoms with Gasteiger partial charge in [0.1, 0.15) is 0 Å². The van der Waals surface area contributed by atoms with Crippen LogP contribution in [0.4, 0.5) is 5.69 Å². The standard InChI is InChI=1S/C25H25N5O3S/c1-16(31)17-8-10-18(11-9-17)27-23(32)15-34-25-29-28-24(30(25)14-19-5-4-12-33-19)21-13-26-22-7-3-2-6-20(21)22/h2-3,6-11,13,19,26H,4-5,12,14-15H2,1H3,(H,27,32)/t19-/m1/s1. The van der Waals surface area contributed by atoms with E-state index in [0.717, 1.165) is 41.7 Å². The number of benzene rings is 2. The van der Waals surface area contributed by atoms with Gasteiger partial charge in [-0.15, -0.1) is 10.2 Å². The molecular formula is C25H25N5O3S. The molecule has 3 heterocycles. The molecule has 9 heteroatoms. The van der Waals surface area contributed by atoms with Gasteiger partial charge in [0, 0.05) is 40.5 Å². The zero-order chi connectivity index (χ0) is 23.5. The van der Waals surface area contributed by atoms with Crippen LogP contribution < -0.4 is 5.32 Å². The van der Waals surface area contributed by atoms with E-state index >= 15 is 0 Å². The molecule has 2 aromatic carbocycles. The number of aromatic nitrogens is 4. The summed E-state index contributed by atoms with van der Waals surface area (Å²) in [4.78, 5) is 27.3. The third-order valence-corrected chi connectivity index (χ3v) is 6.83. The smallest absolute Gasteiger partial charge is 0.234 e. The lowest BCUT2D eigenvalue weighted by atomic mass is 10.1. The Hall–Kier alpha value is -3.43. The summed E-state index contributed by atoms with van der Waals surface area (Å²) >= 11 is 1.35. The number of ether oxygens (including phenoxy) is 1. The van der Waals surface area contributed by atoms with Crippen LogP contribution in [0.15, 0.2) is 59.9 Å². The largest absolute Gasteiger partial charge is 0.376 e. The second kappa shape index (κ2) is 9.82. The zero-order valence-corrected chi connectivity index (χ0v) is 19.6. The fourth-order valence-electron chi connectivity index (χ4n) is 4.12. The van der Waals surface area contributed by atoms with Crippen LogP contribution in [-0.2, 0) is 16.1 Å². The quantitative estimate of drug-likeness (QED) is 0.287. The van der Waals surface area contributed by atoms with E-state index in [9.17, 15) is 9.59 Å². The van der Waals surface area contributed by atoms with Gasteiger partial charge in [-0.2, -0.15) is 0 Å². The number of ketones is 1. The number of amides is 1. The van der Waals surface area contributed by atoms with Crippen molar-refractivity contribution in [3.63, 3.8) is 0 Å². The Kier molecular flexibility index (Phi) is 6.46. The van der Waals surface area contributed by atoms with E-state index in [1.165, 1.54) is 18.7 Å². The van der Waals surface area contributed by atoms with E-state index in [4.69, 9.17) is 4.74 Å². The molecule has 0 unspecified atom stereocenters. The molecule has 1 atom stereocenters. The average molecular weight is 476 g/mol. The summed E-state index contributed by atoms with van der Waals surface area (Å²) in [5.41, 5.74) is 3.27. The monoisotopic (exact) mass is 475 g/mol. The van der Waals surface area contributed by atoms with Gasteiger partial charge in [-0.3, -0.25) is 14.2 Å². The first kappa shape index (κ1) is 22.4. The zero-order valence-electron chi connectivity index (χ0n) is 18.8. The lowest BCUT2D eigenvalue weighted by molar-refractivity contribution is -0.113. The molecule has 8 nitrogen and oxygen atoms in total. The predicted octanol–water partition coefficient (Wildman–Crippen LogP) is 4.54. The minimum absolute atomic E-state index is 0.00924. The van der Waals surface area contributed by atoms with Crippen LogP contribution in [-0.4, -0.2) is 49.9 Å². The summed E-state index contributed by atoms with van der Waals surface area (Å²) in [5.74, 6) is 0.785. The van der Waals surface area contributed by atoms with Crippen LogP contribution in [0.3, 0.4) is 0 Å². The van der Waals surface area contributed by atoms with Crippen LogP contribution in [0.25, 0.3) is 22.3 Å². The Morgan fingerprint density at radius 3 is 2.76 bits per heavy atom. The van der Waals surface area contributed by atoms with Crippen molar-refractivity contribution in [1.82, 2.24) is 19.7 Å². The van der Waals surface area contributed by atoms with Gasteiger partial charge in [0.05, 0.1) is 18.4 Å². The lowest BCUT2D eigenvalue weighted by Gasteiger charge is -2.14. The van der Waals surface area contributed by atoms with Gasteiger partial charge in [0.2, 0.25) is 5.91 Å². The molecule has 0 spiro atoms. The summed E-state index contributed by atoms with van der Waals surface area (Å²) in [5, 5.41) is 13.5. The summed E-state index contributed by atoms with van der Waals surface area (Å²) < 4.78 is 7.94. The molecule has 1 aliphatic heterocycles. The fourth-order valence-corrected chi connectivity index (χ4v) is 4.87. The minimum Gasteiger partial charge on any atom is -0.376 e. The molecule has 1 amide bonds. The van der Waals surface area contributed by atoms with E-state index in [2.05, 4.69) is 31.1 Å². The van der Waals surface area contributed by atoms with Gasteiger partial charge < -0.3 is 15.0 Å². The molecule has 5 rings (SSSR count). The predicted molar refractivity (Wildman–Crippen MR) is 132 cm³/mol. The second-order valence-electron chi connectivity index (χ2n) is 8.27. The highest BCUT2D eigenvalue weighted by atomic mass is 32.2. The normalized spacial score (nSPS) is 15.6. The van der Waals surface area contributed by atoms with E-state index in [1.54, 1.807) is 24.3 Å². The van der Waals surface area contributed by atoms with Crippen LogP contribution in [0, 0.1) is 0 Å². The Labute approximate surface area is 201 Å². The molecule has 4 aromatic rings. The number of carbonyl (C=O) groups is 2. The van der Waals surface area contributed by atoms with Gasteiger partial charge >= 0.3 is 0 Å². The van der Waals surface area contributed by atoms with Crippen molar-refractivity contribution in [1.29, 1.82) is 0 Å². The molecule has 0 bridgehead atoms. The van der Waals surface area contributed by atoms with Crippen LogP contribution in [0.1, 0.15) is 30.1 Å². The average Bonchev–Trinajstić information content (AvgIpc) is 3.59. The van der Waals surface area contributed by atoms with Crippen molar-refractivity contribution >= 4 is 40.0 Å². The van der Waals surface area contributed by atoms with Crippen LogP contribution >= 0.6 is 11.8 Å². The number of nitrogens with one attached hydrogen (secondary N) is 2. The maximum Gasteiger partial charge on any atom is 0.234 e. The molecule has 1 saturated heterocycles. The number of hydrogen-bond donors (Lipinski definition) is 2. The van der Waals surface area contributed by atoms with E-state index < -0.39 is 0 Å². The van der Waals surface area contributed by atoms with Gasteiger partial charge in [0.15, 0.2) is 16.8 Å². The van der Waals surface area contributed by atoms with Gasteiger partial charge in [-0.25, -0.2) is 0 Å². The minimum atomic E-state index is -0.152. The molecule has 0 saturated carbocycles. The maximum absolute atomic E-state index is 12.6. The van der Waals surface area contributed by atoms with Gasteiger partial charge in [0.25, 0.3) is 0 Å². The molecule has 0 aliphatic carbocycles. The summed E-state index contributed by atoms with van der Waals surface area (Å²) in [6.45, 7) is 2.92. The number of para-hydroxylation sites is 1. The van der Waals surface area contributed by atoms with E-state index in [1.807, 2.05) is 24.4 Å². The lowest BCUT2D eigenvalue weighted by Crippen LogP contribution is -2.18. The number of thioether (sulfide) groups is 1. The number of aromatic amines is 1. The van der Waals surface area contributed by atoms with Crippen LogP contribution in [0.2, 0.25) is 0 Å². The third kappa shape index (κ3) is 4.76. The summed E-state index contributed by atoms with van der Waals surface area (Å²) in [6.07, 6.45) is 4.09. The van der Waals surface area contributed by atoms with Gasteiger partial charge in [-0.1, -0.05) is 30.0 Å². The molecule has 1 aliphatic rings. The van der Waals surface area contributed by atoms with Crippen molar-refractivity contribution in [2.45, 2.75) is 37.6 Å². The Bertz CT molecular complexity index is 1320. The maximum atomic E-state index is 12.6. The van der Waals surface area contributed by atoms with E-state index in [0.29, 0.717) is 23.0 Å². The number of hydrogen-bond acceptors (Lipinski definition) is 6. The highest BCUT2D eigenvalue weighted by Gasteiger charge is 2.23. The van der Waals surface area contributed by atoms with Crippen molar-refractivity contribution in [2.24, 2.45) is 0 Å². The second-order valence-corrected chi connectivity index (χ2v) is 9.21. The fraction of sp³-hybridized carbons (Fsp3) is 0.280. The van der Waals surface area contributed by atoms with Crippen LogP contribution in [0.5, 0.6) is 0 Å². The number of fused-ring (bicyclic) bond motifs is 1. The van der Waals surface area contributed by atoms with Crippen molar-refractivity contribution < 1.29 is 14.3 Å². The molecule has 0 radical (unpaired) electrons. The highest BCUT2D eigenvalue weighted by Crippen LogP contribution is 2.31. The Morgan fingerprint density at radius 2 is 2.00 bits per heavy atom. The summed E-state index contributed by atoms with van der Waals surface area (Å²) in [6, 6.07) is 15.0. The SMILES string of the molecule is CC(=O)c1ccc(NC(=O)CSc2nnc(-c3c[nH]c4ccccc34)n2C[C@H]2CCCO2)cc1. The molecule has 174 valence electrons. The Morgan fingerprint density at radius 1 is 1.18 bits per heavy atom. The number of carbonyl (C=O) groups excluding carboxylic acids is 2. The van der Waals surface area contributed by atoms with E-state index in [-0.39, 0.29) is 23.5 Å². The number of H-pyrrole nitrogens is 1.